The molecule has 6 amide bonds. The molecule has 6 rings (SSSR count). The summed E-state index contributed by atoms with van der Waals surface area (Å²) in [6.45, 7) is 1.85. The van der Waals surface area contributed by atoms with Crippen LogP contribution in [0.5, 0.6) is 11.5 Å². The lowest BCUT2D eigenvalue weighted by Crippen LogP contribution is -2.54. The van der Waals surface area contributed by atoms with Gasteiger partial charge in [-0.05, 0) is 49.6 Å². The number of carbonyl (C=O) groups excluding carboxylic acids is 6. The monoisotopic (exact) mass is 822 g/mol. The first-order chi connectivity index (χ1) is 28.3. The fraction of sp³-hybridized carbons (Fsp3) is 0.450. The van der Waals surface area contributed by atoms with Gasteiger partial charge in [0.25, 0.3) is 17.7 Å². The van der Waals surface area contributed by atoms with Crippen molar-refractivity contribution in [1.82, 2.24) is 30.0 Å². The minimum Gasteiger partial charge on any atom is -0.495 e. The van der Waals surface area contributed by atoms with E-state index in [1.807, 2.05) is 0 Å². The van der Waals surface area contributed by atoms with Crippen molar-refractivity contribution in [2.24, 2.45) is 0 Å². The van der Waals surface area contributed by atoms with Crippen molar-refractivity contribution < 1.29 is 51.4 Å². The van der Waals surface area contributed by atoms with Gasteiger partial charge in [0, 0.05) is 57.8 Å². The maximum Gasteiger partial charge on any atom is 0.421 e. The molecule has 2 aromatic carbocycles. The Hall–Kier alpha value is -6.27. The van der Waals surface area contributed by atoms with Crippen molar-refractivity contribution in [2.45, 2.75) is 70.0 Å². The zero-order valence-electron chi connectivity index (χ0n) is 32.7. The summed E-state index contributed by atoms with van der Waals surface area (Å²) in [6, 6.07) is 8.38. The number of anilines is 3. The van der Waals surface area contributed by atoms with E-state index in [-0.39, 0.29) is 53.2 Å². The number of amides is 6. The van der Waals surface area contributed by atoms with Crippen LogP contribution in [0.4, 0.5) is 30.6 Å². The van der Waals surface area contributed by atoms with Crippen LogP contribution in [0.1, 0.15) is 94.4 Å². The highest BCUT2D eigenvalue weighted by Crippen LogP contribution is 2.36. The molecule has 16 nitrogen and oxygen atoms in total. The number of benzene rings is 2. The third-order valence-electron chi connectivity index (χ3n) is 10.4. The number of imide groups is 2. The van der Waals surface area contributed by atoms with Gasteiger partial charge < -0.3 is 29.9 Å². The van der Waals surface area contributed by atoms with Crippen molar-refractivity contribution in [3.63, 3.8) is 0 Å². The average Bonchev–Trinajstić information content (AvgIpc) is 3.48. The maximum absolute atomic E-state index is 13.3. The summed E-state index contributed by atoms with van der Waals surface area (Å²) in [5, 5.41) is 7.45. The molecule has 1 atom stereocenters. The number of fused-ring (bicyclic) bond motifs is 1. The van der Waals surface area contributed by atoms with Crippen molar-refractivity contribution in [3.05, 3.63) is 64.8 Å². The molecule has 1 unspecified atom stereocenters. The third-order valence-corrected chi connectivity index (χ3v) is 10.4. The fourth-order valence-corrected chi connectivity index (χ4v) is 7.26. The summed E-state index contributed by atoms with van der Waals surface area (Å²) < 4.78 is 51.1. The van der Waals surface area contributed by atoms with Crippen LogP contribution in [-0.2, 0) is 20.6 Å². The first-order valence-electron chi connectivity index (χ1n) is 19.4. The zero-order valence-corrected chi connectivity index (χ0v) is 32.7. The van der Waals surface area contributed by atoms with Crippen LogP contribution in [0.25, 0.3) is 0 Å². The van der Waals surface area contributed by atoms with E-state index >= 15 is 0 Å². The Balaban J connectivity index is 0.872. The van der Waals surface area contributed by atoms with Crippen LogP contribution in [0.15, 0.2) is 42.6 Å². The molecule has 0 radical (unpaired) electrons. The van der Waals surface area contributed by atoms with Gasteiger partial charge in [-0.3, -0.25) is 39.0 Å². The highest BCUT2D eigenvalue weighted by molar-refractivity contribution is 6.24. The summed E-state index contributed by atoms with van der Waals surface area (Å²) in [7, 11) is 2.72. The number of aromatic nitrogens is 2. The molecular weight excluding hydrogens is 777 g/mol. The quantitative estimate of drug-likeness (QED) is 0.133. The molecule has 1 aromatic heterocycles. The van der Waals surface area contributed by atoms with Gasteiger partial charge in [-0.25, -0.2) is 4.98 Å². The van der Waals surface area contributed by atoms with Crippen molar-refractivity contribution in [3.8, 4) is 11.5 Å². The number of halogens is 3. The lowest BCUT2D eigenvalue weighted by molar-refractivity contribution is -0.138. The third kappa shape index (κ3) is 9.72. The number of alkyl halides is 3. The second-order valence-electron chi connectivity index (χ2n) is 14.3. The maximum atomic E-state index is 13.3. The van der Waals surface area contributed by atoms with Crippen LogP contribution in [0, 0.1) is 0 Å². The second-order valence-corrected chi connectivity index (χ2v) is 14.3. The molecule has 59 heavy (non-hydrogen) atoms. The van der Waals surface area contributed by atoms with E-state index in [4.69, 9.17) is 9.47 Å². The summed E-state index contributed by atoms with van der Waals surface area (Å²) in [5.41, 5.74) is -0.0157. The molecule has 0 saturated carbocycles. The number of methoxy groups -OCH3 is 1. The van der Waals surface area contributed by atoms with E-state index in [1.54, 1.807) is 34.1 Å². The Kier molecular flexibility index (Phi) is 13.3. The van der Waals surface area contributed by atoms with Gasteiger partial charge in [-0.2, -0.15) is 18.2 Å². The summed E-state index contributed by atoms with van der Waals surface area (Å²) in [5.74, 6) is -2.46. The fourth-order valence-electron chi connectivity index (χ4n) is 7.26. The van der Waals surface area contributed by atoms with Crippen LogP contribution < -0.4 is 25.4 Å². The number of nitrogens with zero attached hydrogens (tertiary/aromatic N) is 5. The molecule has 3 aromatic rings. The molecule has 2 fully saturated rings. The van der Waals surface area contributed by atoms with Crippen molar-refractivity contribution in [2.75, 3.05) is 57.6 Å². The largest absolute Gasteiger partial charge is 0.495 e. The van der Waals surface area contributed by atoms with Gasteiger partial charge >= 0.3 is 6.18 Å². The molecule has 314 valence electrons. The number of piperazine rings is 1. The number of carbonyl (C=O) groups is 6. The number of ether oxygens (including phenoxy) is 2. The molecule has 3 N–H and O–H groups in total. The SMILES string of the molecule is CNc1nc(Nc2ccc(C(=O)N3CCN(C(=O)CCCCCCCCOc4cccc5c4C(=O)N(C4CCC(=O)NC4=O)C5=O)CC3)cc2OC)ncc1C(F)(F)F. The van der Waals surface area contributed by atoms with Gasteiger partial charge in [0.1, 0.15) is 28.9 Å². The van der Waals surface area contributed by atoms with E-state index in [9.17, 15) is 41.9 Å². The number of piperidine rings is 1. The molecule has 3 aliphatic heterocycles. The molecule has 0 aliphatic carbocycles. The van der Waals surface area contributed by atoms with Gasteiger partial charge in [0.05, 0.1) is 30.5 Å². The van der Waals surface area contributed by atoms with Crippen molar-refractivity contribution >= 4 is 52.9 Å². The number of hydrogen-bond acceptors (Lipinski definition) is 12. The number of hydrogen-bond donors (Lipinski definition) is 3. The van der Waals surface area contributed by atoms with Crippen molar-refractivity contribution in [1.29, 1.82) is 0 Å². The average molecular weight is 823 g/mol. The Bertz CT molecular complexity index is 2110. The lowest BCUT2D eigenvalue weighted by Gasteiger charge is -2.35. The summed E-state index contributed by atoms with van der Waals surface area (Å²) in [6.07, 6.45) is 1.61. The minimum absolute atomic E-state index is 0.0362. The predicted molar refractivity (Wildman–Crippen MR) is 206 cm³/mol. The van der Waals surface area contributed by atoms with Gasteiger partial charge in [0.15, 0.2) is 0 Å². The van der Waals surface area contributed by atoms with E-state index in [1.165, 1.54) is 26.3 Å². The van der Waals surface area contributed by atoms with E-state index in [0.29, 0.717) is 63.1 Å². The number of rotatable bonds is 16. The predicted octanol–water partition coefficient (Wildman–Crippen LogP) is 4.78. The molecule has 19 heteroatoms. The molecular formula is C40H45F3N8O8. The van der Waals surface area contributed by atoms with Gasteiger partial charge in [0.2, 0.25) is 23.7 Å². The summed E-state index contributed by atoms with van der Waals surface area (Å²) >= 11 is 0. The normalized spacial score (nSPS) is 16.8. The number of unbranched alkanes of at least 4 members (excludes halogenated alkanes) is 5. The van der Waals surface area contributed by atoms with Gasteiger partial charge in [-0.1, -0.05) is 31.7 Å². The Morgan fingerprint density at radius 1 is 0.915 bits per heavy atom. The van der Waals surface area contributed by atoms with Gasteiger partial charge in [-0.15, -0.1) is 0 Å². The smallest absolute Gasteiger partial charge is 0.421 e. The molecule has 0 spiro atoms. The first-order valence-corrected chi connectivity index (χ1v) is 19.4. The highest BCUT2D eigenvalue weighted by Gasteiger charge is 2.46. The molecule has 4 heterocycles. The highest BCUT2D eigenvalue weighted by atomic mass is 19.4. The Morgan fingerprint density at radius 2 is 1.63 bits per heavy atom. The Labute approximate surface area is 337 Å². The lowest BCUT2D eigenvalue weighted by atomic mass is 10.0. The van der Waals surface area contributed by atoms with Crippen LogP contribution >= 0.6 is 0 Å². The Morgan fingerprint density at radius 3 is 2.32 bits per heavy atom. The van der Waals surface area contributed by atoms with Crippen LogP contribution in [-0.4, -0.2) is 113 Å². The summed E-state index contributed by atoms with van der Waals surface area (Å²) in [4.78, 5) is 88.5. The van der Waals surface area contributed by atoms with Crippen LogP contribution in [0.3, 0.4) is 0 Å². The molecule has 0 bridgehead atoms. The topological polar surface area (TPSA) is 192 Å². The standard InChI is InChI=1S/C40H45F3N8O8/c1-44-34-26(40(41,42)43)23-45-39(48-34)46-27-14-13-24(22-30(27)58-2)36(55)50-19-17-49(18-20-50)32(53)12-7-5-3-4-6-8-21-59-29-11-9-10-25-33(29)38(57)51(37(25)56)28-15-16-31(52)47-35(28)54/h9-11,13-14,22-23,28H,3-8,12,15-21H2,1-2H3,(H,47,52,54)(H2,44,45,46,48). The first kappa shape index (κ1) is 42.3. The van der Waals surface area contributed by atoms with E-state index in [0.717, 1.165) is 37.0 Å². The minimum atomic E-state index is -4.63. The molecule has 3 aliphatic rings. The molecule has 2 saturated heterocycles. The van der Waals surface area contributed by atoms with E-state index < -0.39 is 47.2 Å². The zero-order chi connectivity index (χ0) is 42.3. The second kappa shape index (κ2) is 18.5. The number of nitrogens with one attached hydrogen (secondary N) is 3. The van der Waals surface area contributed by atoms with E-state index in [2.05, 4.69) is 25.9 Å². The van der Waals surface area contributed by atoms with Crippen LogP contribution in [0.2, 0.25) is 0 Å².